The minimum atomic E-state index is -3.52. The van der Waals surface area contributed by atoms with Crippen LogP contribution in [0.25, 0.3) is 0 Å². The second-order valence-electron chi connectivity index (χ2n) is 5.29. The molecule has 122 valence electrons. The number of rotatable bonds is 5. The van der Waals surface area contributed by atoms with Gasteiger partial charge in [0.25, 0.3) is 0 Å². The number of sulfonamides is 1. The maximum atomic E-state index is 12.8. The van der Waals surface area contributed by atoms with E-state index in [4.69, 9.17) is 4.74 Å². The lowest BCUT2D eigenvalue weighted by Gasteiger charge is -2.34. The minimum absolute atomic E-state index is 0.255. The van der Waals surface area contributed by atoms with E-state index in [0.717, 1.165) is 0 Å². The fraction of sp³-hybridized carbons (Fsp3) is 0.312. The van der Waals surface area contributed by atoms with Crippen LogP contribution in [0.4, 0.5) is 0 Å². The van der Waals surface area contributed by atoms with Crippen LogP contribution < -0.4 is 10.1 Å². The average Bonchev–Trinajstić information content (AvgIpc) is 2.62. The number of ether oxygens (including phenoxy) is 1. The summed E-state index contributed by atoms with van der Waals surface area (Å²) in [4.78, 5) is 4.30. The van der Waals surface area contributed by atoms with E-state index in [2.05, 4.69) is 10.3 Å². The van der Waals surface area contributed by atoms with E-state index in [9.17, 15) is 8.42 Å². The van der Waals surface area contributed by atoms with Gasteiger partial charge in [0, 0.05) is 25.8 Å². The average molecular weight is 333 g/mol. The number of hydrogen-bond acceptors (Lipinski definition) is 5. The quantitative estimate of drug-likeness (QED) is 0.888. The summed E-state index contributed by atoms with van der Waals surface area (Å²) in [5.74, 6) is 0.634. The van der Waals surface area contributed by atoms with E-state index in [1.165, 1.54) is 4.31 Å². The maximum Gasteiger partial charge on any atom is 0.243 e. The molecule has 2 aromatic rings. The van der Waals surface area contributed by atoms with Gasteiger partial charge in [0.2, 0.25) is 10.0 Å². The van der Waals surface area contributed by atoms with E-state index in [1.807, 2.05) is 0 Å². The van der Waals surface area contributed by atoms with Gasteiger partial charge in [-0.25, -0.2) is 8.42 Å². The predicted molar refractivity (Wildman–Crippen MR) is 86.7 cm³/mol. The summed E-state index contributed by atoms with van der Waals surface area (Å²) >= 11 is 0. The van der Waals surface area contributed by atoms with E-state index in [1.54, 1.807) is 54.9 Å². The van der Waals surface area contributed by atoms with Crippen molar-refractivity contribution < 1.29 is 13.2 Å². The van der Waals surface area contributed by atoms with Gasteiger partial charge in [-0.05, 0) is 24.3 Å². The van der Waals surface area contributed by atoms with Crippen LogP contribution in [0.3, 0.4) is 0 Å². The van der Waals surface area contributed by atoms with Crippen molar-refractivity contribution in [2.75, 3.05) is 26.2 Å². The summed E-state index contributed by atoms with van der Waals surface area (Å²) in [7, 11) is -3.52. The Morgan fingerprint density at radius 1 is 1.22 bits per heavy atom. The molecular weight excluding hydrogens is 314 g/mol. The Morgan fingerprint density at radius 2 is 2.04 bits per heavy atom. The molecule has 1 atom stereocenters. The number of nitrogens with zero attached hydrogens (tertiary/aromatic N) is 2. The summed E-state index contributed by atoms with van der Waals surface area (Å²) in [6.07, 6.45) is 3.29. The summed E-state index contributed by atoms with van der Waals surface area (Å²) in [5, 5.41) is 3.22. The van der Waals surface area contributed by atoms with E-state index in [-0.39, 0.29) is 12.6 Å². The molecule has 3 rings (SSSR count). The zero-order valence-electron chi connectivity index (χ0n) is 12.6. The predicted octanol–water partition coefficient (Wildman–Crippen LogP) is 1.12. The molecule has 0 saturated carbocycles. The van der Waals surface area contributed by atoms with Crippen LogP contribution in [0.2, 0.25) is 0 Å². The highest BCUT2D eigenvalue weighted by Gasteiger charge is 2.33. The van der Waals surface area contributed by atoms with Crippen LogP contribution in [-0.4, -0.2) is 50.0 Å². The highest BCUT2D eigenvalue weighted by Crippen LogP contribution is 2.20. The number of benzene rings is 1. The van der Waals surface area contributed by atoms with Crippen LogP contribution in [0.1, 0.15) is 0 Å². The first kappa shape index (κ1) is 15.9. The van der Waals surface area contributed by atoms with E-state index in [0.29, 0.717) is 30.3 Å². The van der Waals surface area contributed by atoms with Crippen LogP contribution >= 0.6 is 0 Å². The number of hydrogen-bond donors (Lipinski definition) is 1. The number of piperazine rings is 1. The molecule has 1 fully saturated rings. The first-order chi connectivity index (χ1) is 11.2. The molecule has 6 nitrogen and oxygen atoms in total. The Bertz CT molecular complexity index is 723. The highest BCUT2D eigenvalue weighted by atomic mass is 32.2. The van der Waals surface area contributed by atoms with Crippen molar-refractivity contribution in [3.63, 3.8) is 0 Å². The molecule has 0 spiro atoms. The van der Waals surface area contributed by atoms with Crippen molar-refractivity contribution in [1.82, 2.24) is 14.6 Å². The smallest absolute Gasteiger partial charge is 0.243 e. The van der Waals surface area contributed by atoms with E-state index < -0.39 is 10.0 Å². The summed E-state index contributed by atoms with van der Waals surface area (Å²) in [6.45, 7) is 1.91. The zero-order chi connectivity index (χ0) is 16.1. The minimum Gasteiger partial charge on any atom is -0.490 e. The third-order valence-electron chi connectivity index (χ3n) is 3.72. The fourth-order valence-electron chi connectivity index (χ4n) is 2.55. The van der Waals surface area contributed by atoms with Crippen LogP contribution in [0, 0.1) is 0 Å². The van der Waals surface area contributed by atoms with Gasteiger partial charge in [-0.2, -0.15) is 4.31 Å². The normalized spacial score (nSPS) is 19.4. The highest BCUT2D eigenvalue weighted by molar-refractivity contribution is 7.89. The molecule has 0 radical (unpaired) electrons. The summed E-state index contributed by atoms with van der Waals surface area (Å²) in [5.41, 5.74) is 0. The van der Waals surface area contributed by atoms with Crippen molar-refractivity contribution in [3.05, 3.63) is 54.9 Å². The third kappa shape index (κ3) is 3.69. The topological polar surface area (TPSA) is 71.5 Å². The lowest BCUT2D eigenvalue weighted by atomic mass is 10.2. The second kappa shape index (κ2) is 7.08. The van der Waals surface area contributed by atoms with Gasteiger partial charge < -0.3 is 10.1 Å². The molecular formula is C16H19N3O3S. The van der Waals surface area contributed by atoms with Crippen molar-refractivity contribution in [1.29, 1.82) is 0 Å². The van der Waals surface area contributed by atoms with Crippen molar-refractivity contribution in [3.8, 4) is 5.75 Å². The molecule has 1 aliphatic rings. The Balaban J connectivity index is 1.76. The molecule has 7 heteroatoms. The molecule has 1 aromatic heterocycles. The third-order valence-corrected chi connectivity index (χ3v) is 5.69. The van der Waals surface area contributed by atoms with Crippen LogP contribution in [0.15, 0.2) is 59.8 Å². The van der Waals surface area contributed by atoms with Gasteiger partial charge in [-0.1, -0.05) is 18.2 Å². The molecule has 1 aromatic carbocycles. The SMILES string of the molecule is O=S(=O)(c1ccccc1)N1CCNCC1COc1cccnc1. The number of aromatic nitrogens is 1. The molecule has 1 aliphatic heterocycles. The van der Waals surface area contributed by atoms with Crippen LogP contribution in [-0.2, 0) is 10.0 Å². The number of nitrogens with one attached hydrogen (secondary N) is 1. The first-order valence-electron chi connectivity index (χ1n) is 7.48. The van der Waals surface area contributed by atoms with E-state index >= 15 is 0 Å². The fourth-order valence-corrected chi connectivity index (χ4v) is 4.18. The van der Waals surface area contributed by atoms with Crippen molar-refractivity contribution >= 4 is 10.0 Å². The number of pyridine rings is 1. The molecule has 1 N–H and O–H groups in total. The molecule has 0 amide bonds. The Morgan fingerprint density at radius 3 is 2.78 bits per heavy atom. The molecule has 1 unspecified atom stereocenters. The monoisotopic (exact) mass is 333 g/mol. The zero-order valence-corrected chi connectivity index (χ0v) is 13.4. The van der Waals surface area contributed by atoms with Crippen molar-refractivity contribution in [2.45, 2.75) is 10.9 Å². The Labute approximate surface area is 136 Å². The molecule has 2 heterocycles. The van der Waals surface area contributed by atoms with Gasteiger partial charge in [-0.3, -0.25) is 4.98 Å². The van der Waals surface area contributed by atoms with Crippen molar-refractivity contribution in [2.24, 2.45) is 0 Å². The summed E-state index contributed by atoms with van der Waals surface area (Å²) < 4.78 is 32.9. The molecule has 23 heavy (non-hydrogen) atoms. The second-order valence-corrected chi connectivity index (χ2v) is 7.18. The Kier molecular flexibility index (Phi) is 4.90. The van der Waals surface area contributed by atoms with Gasteiger partial charge in [0.1, 0.15) is 12.4 Å². The first-order valence-corrected chi connectivity index (χ1v) is 8.92. The van der Waals surface area contributed by atoms with Crippen LogP contribution in [0.5, 0.6) is 5.75 Å². The lowest BCUT2D eigenvalue weighted by molar-refractivity contribution is 0.179. The lowest BCUT2D eigenvalue weighted by Crippen LogP contribution is -2.55. The largest absolute Gasteiger partial charge is 0.490 e. The summed E-state index contributed by atoms with van der Waals surface area (Å²) in [6, 6.07) is 11.8. The standard InChI is InChI=1S/C16H19N3O3S/c20-23(21,16-6-2-1-3-7-16)19-10-9-18-11-14(19)13-22-15-5-4-8-17-12-15/h1-8,12,14,18H,9-11,13H2. The molecule has 0 bridgehead atoms. The van der Waals surface area contributed by atoms with Gasteiger partial charge in [-0.15, -0.1) is 0 Å². The molecule has 1 saturated heterocycles. The maximum absolute atomic E-state index is 12.8. The Hall–Kier alpha value is -1.96. The van der Waals surface area contributed by atoms with Gasteiger partial charge in [0.15, 0.2) is 0 Å². The van der Waals surface area contributed by atoms with Gasteiger partial charge in [0.05, 0.1) is 17.1 Å². The molecule has 0 aliphatic carbocycles. The van der Waals surface area contributed by atoms with Gasteiger partial charge >= 0.3 is 0 Å².